The van der Waals surface area contributed by atoms with Crippen molar-refractivity contribution in [2.24, 2.45) is 5.14 Å². The van der Waals surface area contributed by atoms with E-state index in [2.05, 4.69) is 34.5 Å². The molecule has 0 aliphatic carbocycles. The number of nitrogens with two attached hydrogens (primary N) is 1. The van der Waals surface area contributed by atoms with Crippen LogP contribution in [0.1, 0.15) is 31.2 Å². The van der Waals surface area contributed by atoms with Gasteiger partial charge in [0.25, 0.3) is 0 Å². The minimum atomic E-state index is -3.32. The van der Waals surface area contributed by atoms with Crippen LogP contribution in [-0.4, -0.2) is 51.3 Å². The predicted octanol–water partition coefficient (Wildman–Crippen LogP) is 0.676. The maximum Gasteiger partial charge on any atom is 1.00 e. The number of rotatable bonds is 10. The van der Waals surface area contributed by atoms with E-state index in [4.69, 9.17) is 16.7 Å². The predicted molar refractivity (Wildman–Crippen MR) is 125 cm³/mol. The number of unbranched alkanes of at least 4 members (excludes halogenated alkanes) is 3. The van der Waals surface area contributed by atoms with Gasteiger partial charge in [-0.15, -0.1) is 0 Å². The summed E-state index contributed by atoms with van der Waals surface area (Å²) in [6.45, 7) is 4.15. The Morgan fingerprint density at radius 2 is 1.58 bits per heavy atom. The zero-order valence-electron chi connectivity index (χ0n) is 18.4. The van der Waals surface area contributed by atoms with E-state index in [1.54, 1.807) is 0 Å². The molecule has 0 amide bonds. The van der Waals surface area contributed by atoms with Crippen LogP contribution in [0.15, 0.2) is 48.5 Å². The van der Waals surface area contributed by atoms with Gasteiger partial charge >= 0.3 is 51.4 Å². The summed E-state index contributed by atoms with van der Waals surface area (Å²) < 4.78 is 22.0. The van der Waals surface area contributed by atoms with Crippen molar-refractivity contribution in [3.05, 3.63) is 59.1 Å². The molecule has 1 fully saturated rings. The number of piperazine rings is 1. The van der Waals surface area contributed by atoms with Gasteiger partial charge in [-0.2, -0.15) is 0 Å². The van der Waals surface area contributed by atoms with Crippen molar-refractivity contribution < 1.29 is 59.8 Å². The molecular weight excluding hydrogens is 457 g/mol. The van der Waals surface area contributed by atoms with Gasteiger partial charge in [0.05, 0.1) is 5.75 Å². The number of halogens is 1. The van der Waals surface area contributed by atoms with Gasteiger partial charge in [0, 0.05) is 30.7 Å². The van der Waals surface area contributed by atoms with E-state index < -0.39 is 10.0 Å². The Bertz CT molecular complexity index is 892. The van der Waals surface area contributed by atoms with Gasteiger partial charge in [-0.3, -0.25) is 4.90 Å². The van der Waals surface area contributed by atoms with Crippen molar-refractivity contribution in [1.82, 2.24) is 10.2 Å². The van der Waals surface area contributed by atoms with Crippen molar-refractivity contribution in [2.75, 3.05) is 31.9 Å². The molecule has 31 heavy (non-hydrogen) atoms. The zero-order valence-corrected chi connectivity index (χ0v) is 23.1. The molecular formula is C23H32ClKN3O2S+. The Labute approximate surface area is 234 Å². The van der Waals surface area contributed by atoms with E-state index in [1.165, 1.54) is 16.7 Å². The molecule has 0 saturated carbocycles. The number of sulfonamides is 1. The molecule has 1 unspecified atom stereocenters. The van der Waals surface area contributed by atoms with Crippen LogP contribution in [0, 0.1) is 0 Å². The van der Waals surface area contributed by atoms with E-state index in [1.807, 2.05) is 24.3 Å². The minimum Gasteiger partial charge on any atom is -0.314 e. The van der Waals surface area contributed by atoms with Crippen molar-refractivity contribution in [3.63, 3.8) is 0 Å². The van der Waals surface area contributed by atoms with Crippen LogP contribution in [0.5, 0.6) is 0 Å². The van der Waals surface area contributed by atoms with Gasteiger partial charge in [0.2, 0.25) is 10.0 Å². The molecule has 0 bridgehead atoms. The second-order valence-electron chi connectivity index (χ2n) is 8.08. The molecule has 1 heterocycles. The Kier molecular flexibility index (Phi) is 12.2. The van der Waals surface area contributed by atoms with Gasteiger partial charge in [0.15, 0.2) is 0 Å². The molecule has 1 atom stereocenters. The zero-order chi connectivity index (χ0) is 21.4. The molecule has 3 rings (SSSR count). The topological polar surface area (TPSA) is 75.4 Å². The fraction of sp³-hybridized carbons (Fsp3) is 0.478. The molecule has 164 valence electrons. The van der Waals surface area contributed by atoms with E-state index in [0.29, 0.717) is 12.5 Å². The maximum atomic E-state index is 11.0. The number of nitrogens with one attached hydrogen (secondary N) is 1. The third-order valence-corrected chi connectivity index (χ3v) is 6.81. The minimum absolute atomic E-state index is 0. The van der Waals surface area contributed by atoms with Gasteiger partial charge < -0.3 is 5.32 Å². The summed E-state index contributed by atoms with van der Waals surface area (Å²) in [6.07, 6.45) is 4.74. The van der Waals surface area contributed by atoms with E-state index in [9.17, 15) is 8.42 Å². The smallest absolute Gasteiger partial charge is 0.314 e. The third kappa shape index (κ3) is 9.92. The average molecular weight is 489 g/mol. The molecule has 0 radical (unpaired) electrons. The van der Waals surface area contributed by atoms with Crippen molar-refractivity contribution in [1.29, 1.82) is 0 Å². The van der Waals surface area contributed by atoms with Gasteiger partial charge in [-0.25, -0.2) is 13.6 Å². The number of nitrogens with zero attached hydrogens (tertiary/aromatic N) is 1. The van der Waals surface area contributed by atoms with Gasteiger partial charge in [-0.1, -0.05) is 60.8 Å². The second kappa shape index (κ2) is 13.8. The molecule has 2 aromatic rings. The summed E-state index contributed by atoms with van der Waals surface area (Å²) in [5, 5.41) is 9.33. The fourth-order valence-corrected chi connectivity index (χ4v) is 4.75. The summed E-state index contributed by atoms with van der Waals surface area (Å²) in [6, 6.07) is 17.3. The fourth-order valence-electron chi connectivity index (χ4n) is 4.02. The number of hydrogen-bond donors (Lipinski definition) is 2. The molecule has 8 heteroatoms. The summed E-state index contributed by atoms with van der Waals surface area (Å²) in [5.41, 5.74) is 3.72. The summed E-state index contributed by atoms with van der Waals surface area (Å²) in [4.78, 5) is 2.57. The average Bonchev–Trinajstić information content (AvgIpc) is 2.72. The SMILES string of the molecule is NS(=O)(=O)CCCCCCN1CCNCC1Cc1ccc(-c2ccc(Cl)cc2)cc1.[K+]. The van der Waals surface area contributed by atoms with Gasteiger partial charge in [0.1, 0.15) is 0 Å². The first-order chi connectivity index (χ1) is 14.4. The third-order valence-electron chi connectivity index (χ3n) is 5.70. The first-order valence-electron chi connectivity index (χ1n) is 10.7. The molecule has 1 aliphatic rings. The van der Waals surface area contributed by atoms with Gasteiger partial charge in [-0.05, 0) is 54.6 Å². The van der Waals surface area contributed by atoms with E-state index >= 15 is 0 Å². The second-order valence-corrected chi connectivity index (χ2v) is 10.3. The molecule has 0 spiro atoms. The monoisotopic (exact) mass is 488 g/mol. The Hall–Kier alpha value is 0.196. The van der Waals surface area contributed by atoms with Crippen LogP contribution < -0.4 is 61.8 Å². The molecule has 5 nitrogen and oxygen atoms in total. The Balaban J connectivity index is 0.00000341. The van der Waals surface area contributed by atoms with Crippen molar-refractivity contribution >= 4 is 21.6 Å². The van der Waals surface area contributed by atoms with Crippen LogP contribution in [0.3, 0.4) is 0 Å². The summed E-state index contributed by atoms with van der Waals surface area (Å²) in [7, 11) is -3.32. The molecule has 1 aliphatic heterocycles. The number of primary sulfonamides is 1. The maximum absolute atomic E-state index is 11.0. The molecule has 3 N–H and O–H groups in total. The largest absolute Gasteiger partial charge is 1.00 e. The standard InChI is InChI=1S/C23H32ClN3O2S.K/c24-22-11-9-21(10-12-22)20-7-5-19(6-8-20)17-23-18-26-13-15-27(23)14-3-1-2-4-16-30(25,28)29;/h5-12,23,26H,1-4,13-18H2,(H2,25,28,29);/q;+1. The quantitative estimate of drug-likeness (QED) is 0.381. The van der Waals surface area contributed by atoms with E-state index in [0.717, 1.165) is 56.9 Å². The first kappa shape index (κ1) is 27.4. The number of hydrogen-bond acceptors (Lipinski definition) is 4. The van der Waals surface area contributed by atoms with E-state index in [-0.39, 0.29) is 57.1 Å². The summed E-state index contributed by atoms with van der Waals surface area (Å²) in [5.74, 6) is 0.0925. The number of benzene rings is 2. The van der Waals surface area contributed by atoms with Crippen LogP contribution in [-0.2, 0) is 16.4 Å². The molecule has 1 saturated heterocycles. The normalized spacial score (nSPS) is 17.3. The van der Waals surface area contributed by atoms with Crippen LogP contribution in [0.2, 0.25) is 5.02 Å². The first-order valence-corrected chi connectivity index (χ1v) is 12.8. The Morgan fingerprint density at radius 1 is 0.968 bits per heavy atom. The Morgan fingerprint density at radius 3 is 2.23 bits per heavy atom. The van der Waals surface area contributed by atoms with Crippen molar-refractivity contribution in [3.8, 4) is 11.1 Å². The van der Waals surface area contributed by atoms with Crippen LogP contribution in [0.4, 0.5) is 0 Å². The molecule has 0 aromatic heterocycles. The molecule has 2 aromatic carbocycles. The summed E-state index contributed by atoms with van der Waals surface area (Å²) >= 11 is 5.99. The van der Waals surface area contributed by atoms with Crippen LogP contribution in [0.25, 0.3) is 11.1 Å². The van der Waals surface area contributed by atoms with Crippen molar-refractivity contribution in [2.45, 2.75) is 38.1 Å². The van der Waals surface area contributed by atoms with Crippen LogP contribution >= 0.6 is 11.6 Å².